The first-order valence-corrected chi connectivity index (χ1v) is 12.4. The summed E-state index contributed by atoms with van der Waals surface area (Å²) >= 11 is 12.2. The van der Waals surface area contributed by atoms with Crippen LogP contribution in [0.25, 0.3) is 28.2 Å². The van der Waals surface area contributed by atoms with Crippen molar-refractivity contribution in [1.82, 2.24) is 9.78 Å². The van der Waals surface area contributed by atoms with Crippen molar-refractivity contribution in [3.8, 4) is 28.2 Å². The van der Waals surface area contributed by atoms with Gasteiger partial charge in [0.1, 0.15) is 0 Å². The van der Waals surface area contributed by atoms with Gasteiger partial charge in [0, 0.05) is 33.0 Å². The van der Waals surface area contributed by atoms with Crippen LogP contribution in [0.15, 0.2) is 77.7 Å². The molecule has 0 N–H and O–H groups in total. The van der Waals surface area contributed by atoms with Gasteiger partial charge in [0.25, 0.3) is 0 Å². The largest absolute Gasteiger partial charge is 0.232 e. The van der Waals surface area contributed by atoms with Crippen LogP contribution in [0.1, 0.15) is 12.5 Å². The fourth-order valence-electron chi connectivity index (χ4n) is 3.55. The number of benzene rings is 3. The number of halogens is 2. The van der Waals surface area contributed by atoms with Crippen molar-refractivity contribution in [3.05, 3.63) is 88.4 Å². The van der Waals surface area contributed by atoms with Crippen molar-refractivity contribution in [3.63, 3.8) is 0 Å². The second kappa shape index (κ2) is 8.50. The summed E-state index contributed by atoms with van der Waals surface area (Å²) in [5.74, 6) is 0. The van der Waals surface area contributed by atoms with Crippen LogP contribution >= 0.6 is 23.2 Å². The Hall–Kier alpha value is -2.60. The quantitative estimate of drug-likeness (QED) is 0.335. The Balaban J connectivity index is 1.96. The highest BCUT2D eigenvalue weighted by molar-refractivity contribution is 7.90. The third-order valence-corrected chi connectivity index (χ3v) is 6.71. The van der Waals surface area contributed by atoms with E-state index in [1.54, 1.807) is 24.3 Å². The average molecular weight is 471 g/mol. The number of rotatable bonds is 5. The summed E-state index contributed by atoms with van der Waals surface area (Å²) in [6.07, 6.45) is 1.96. The Kier molecular flexibility index (Phi) is 5.93. The molecule has 0 fully saturated rings. The first kappa shape index (κ1) is 21.6. The van der Waals surface area contributed by atoms with E-state index < -0.39 is 9.84 Å². The van der Waals surface area contributed by atoms with Gasteiger partial charge < -0.3 is 0 Å². The van der Waals surface area contributed by atoms with E-state index in [2.05, 4.69) is 6.92 Å². The molecule has 4 nitrogen and oxygen atoms in total. The van der Waals surface area contributed by atoms with Crippen LogP contribution < -0.4 is 0 Å². The standard InChI is InChI=1S/C24H20Cl2N2O2S/c1-3-22-23(16-4-8-18(25)9-5-16)27-28(24(22)17-6-10-19(26)11-7-17)20-12-14-21(15-13-20)31(2,29)30/h4-15H,3H2,1-2H3. The van der Waals surface area contributed by atoms with Gasteiger partial charge in [-0.1, -0.05) is 54.4 Å². The fourth-order valence-corrected chi connectivity index (χ4v) is 4.43. The van der Waals surface area contributed by atoms with Gasteiger partial charge in [0.2, 0.25) is 0 Å². The summed E-state index contributed by atoms with van der Waals surface area (Å²) in [7, 11) is -3.28. The Morgan fingerprint density at radius 2 is 1.32 bits per heavy atom. The predicted molar refractivity (Wildman–Crippen MR) is 127 cm³/mol. The van der Waals surface area contributed by atoms with Crippen molar-refractivity contribution in [2.45, 2.75) is 18.2 Å². The van der Waals surface area contributed by atoms with Gasteiger partial charge in [-0.25, -0.2) is 13.1 Å². The van der Waals surface area contributed by atoms with Crippen molar-refractivity contribution in [2.75, 3.05) is 6.26 Å². The van der Waals surface area contributed by atoms with E-state index >= 15 is 0 Å². The zero-order valence-corrected chi connectivity index (χ0v) is 19.3. The number of hydrogen-bond donors (Lipinski definition) is 0. The molecule has 0 aliphatic carbocycles. The second-order valence-electron chi connectivity index (χ2n) is 7.22. The van der Waals surface area contributed by atoms with Crippen LogP contribution in [-0.2, 0) is 16.3 Å². The van der Waals surface area contributed by atoms with E-state index in [0.717, 1.165) is 40.2 Å². The van der Waals surface area contributed by atoms with Gasteiger partial charge in [-0.15, -0.1) is 0 Å². The molecule has 0 bridgehead atoms. The summed E-state index contributed by atoms with van der Waals surface area (Å²) in [6, 6.07) is 22.0. The summed E-state index contributed by atoms with van der Waals surface area (Å²) < 4.78 is 25.6. The highest BCUT2D eigenvalue weighted by Crippen LogP contribution is 2.35. The molecule has 0 radical (unpaired) electrons. The summed E-state index contributed by atoms with van der Waals surface area (Å²) in [5.41, 5.74) is 5.58. The summed E-state index contributed by atoms with van der Waals surface area (Å²) in [6.45, 7) is 2.09. The maximum atomic E-state index is 11.9. The molecular weight excluding hydrogens is 451 g/mol. The van der Waals surface area contributed by atoms with E-state index in [1.807, 2.05) is 53.2 Å². The Morgan fingerprint density at radius 3 is 1.81 bits per heavy atom. The minimum atomic E-state index is -3.28. The molecule has 7 heteroatoms. The lowest BCUT2D eigenvalue weighted by molar-refractivity contribution is 0.602. The van der Waals surface area contributed by atoms with Gasteiger partial charge in [-0.2, -0.15) is 5.10 Å². The van der Waals surface area contributed by atoms with Gasteiger partial charge in [0.15, 0.2) is 9.84 Å². The molecule has 3 aromatic carbocycles. The van der Waals surface area contributed by atoms with Gasteiger partial charge in [-0.05, 0) is 55.0 Å². The predicted octanol–water partition coefficient (Wildman–Crippen LogP) is 6.48. The molecule has 0 atom stereocenters. The lowest BCUT2D eigenvalue weighted by Crippen LogP contribution is -2.02. The maximum Gasteiger partial charge on any atom is 0.175 e. The molecule has 31 heavy (non-hydrogen) atoms. The molecule has 0 amide bonds. The van der Waals surface area contributed by atoms with Crippen molar-refractivity contribution < 1.29 is 8.42 Å². The SMILES string of the molecule is CCc1c(-c2ccc(Cl)cc2)nn(-c2ccc(S(C)(=O)=O)cc2)c1-c1ccc(Cl)cc1. The maximum absolute atomic E-state index is 11.9. The van der Waals surface area contributed by atoms with E-state index in [0.29, 0.717) is 10.0 Å². The molecule has 1 aromatic heterocycles. The smallest absolute Gasteiger partial charge is 0.175 e. The minimum Gasteiger partial charge on any atom is -0.232 e. The Morgan fingerprint density at radius 1 is 0.806 bits per heavy atom. The molecule has 0 spiro atoms. The summed E-state index contributed by atoms with van der Waals surface area (Å²) in [4.78, 5) is 0.269. The van der Waals surface area contributed by atoms with E-state index in [-0.39, 0.29) is 4.90 Å². The molecule has 0 saturated carbocycles. The average Bonchev–Trinajstić information content (AvgIpc) is 3.14. The highest BCUT2D eigenvalue weighted by atomic mass is 35.5. The molecule has 0 aliphatic heterocycles. The lowest BCUT2D eigenvalue weighted by atomic mass is 10.00. The number of aromatic nitrogens is 2. The first-order valence-electron chi connectivity index (χ1n) is 9.72. The van der Waals surface area contributed by atoms with Crippen LogP contribution in [0.5, 0.6) is 0 Å². The van der Waals surface area contributed by atoms with Crippen molar-refractivity contribution >= 4 is 33.0 Å². The highest BCUT2D eigenvalue weighted by Gasteiger charge is 2.21. The van der Waals surface area contributed by atoms with Gasteiger partial charge in [-0.3, -0.25) is 0 Å². The van der Waals surface area contributed by atoms with Crippen molar-refractivity contribution in [2.24, 2.45) is 0 Å². The van der Waals surface area contributed by atoms with Crippen LogP contribution in [-0.4, -0.2) is 24.5 Å². The molecule has 1 heterocycles. The molecule has 0 aliphatic rings. The third-order valence-electron chi connectivity index (χ3n) is 5.08. The molecule has 158 valence electrons. The minimum absolute atomic E-state index is 0.269. The van der Waals surface area contributed by atoms with Crippen LogP contribution in [0, 0.1) is 0 Å². The number of hydrogen-bond acceptors (Lipinski definition) is 3. The monoisotopic (exact) mass is 470 g/mol. The zero-order valence-electron chi connectivity index (χ0n) is 17.0. The fraction of sp³-hybridized carbons (Fsp3) is 0.125. The van der Waals surface area contributed by atoms with Crippen molar-refractivity contribution in [1.29, 1.82) is 0 Å². The topological polar surface area (TPSA) is 52.0 Å². The number of nitrogens with zero attached hydrogens (tertiary/aromatic N) is 2. The molecular formula is C24H20Cl2N2O2S. The van der Waals surface area contributed by atoms with Gasteiger partial charge in [0.05, 0.1) is 22.0 Å². The zero-order chi connectivity index (χ0) is 22.2. The first-order chi connectivity index (χ1) is 14.8. The Bertz CT molecular complexity index is 1330. The molecule has 4 rings (SSSR count). The molecule has 0 saturated heterocycles. The molecule has 0 unspecified atom stereocenters. The van der Waals surface area contributed by atoms with Gasteiger partial charge >= 0.3 is 0 Å². The van der Waals surface area contributed by atoms with Crippen LogP contribution in [0.4, 0.5) is 0 Å². The lowest BCUT2D eigenvalue weighted by Gasteiger charge is -2.10. The molecule has 4 aromatic rings. The van der Waals surface area contributed by atoms with E-state index in [1.165, 1.54) is 6.26 Å². The van der Waals surface area contributed by atoms with Crippen LogP contribution in [0.2, 0.25) is 10.0 Å². The van der Waals surface area contributed by atoms with E-state index in [9.17, 15) is 8.42 Å². The number of sulfone groups is 1. The second-order valence-corrected chi connectivity index (χ2v) is 10.1. The normalized spacial score (nSPS) is 11.6. The van der Waals surface area contributed by atoms with E-state index in [4.69, 9.17) is 28.3 Å². The van der Waals surface area contributed by atoms with Crippen LogP contribution in [0.3, 0.4) is 0 Å². The summed E-state index contributed by atoms with van der Waals surface area (Å²) in [5, 5.41) is 6.25. The third kappa shape index (κ3) is 4.40. The Labute approximate surface area is 192 Å².